The number of halogens is 1. The molecule has 2 aromatic rings. The Labute approximate surface area is 165 Å². The lowest BCUT2D eigenvalue weighted by Crippen LogP contribution is -2.24. The fraction of sp³-hybridized carbons (Fsp3) is 0.316. The third-order valence-electron chi connectivity index (χ3n) is 4.19. The van der Waals surface area contributed by atoms with Crippen molar-refractivity contribution in [3.8, 4) is 5.75 Å². The molecule has 0 fully saturated rings. The number of hydrogen-bond acceptors (Lipinski definition) is 4. The third-order valence-corrected chi connectivity index (χ3v) is 6.22. The molecule has 0 aliphatic carbocycles. The van der Waals surface area contributed by atoms with Crippen molar-refractivity contribution < 1.29 is 17.9 Å². The van der Waals surface area contributed by atoms with Gasteiger partial charge in [0.15, 0.2) is 6.61 Å². The molecule has 0 aromatic heterocycles. The quantitative estimate of drug-likeness (QED) is 0.790. The van der Waals surface area contributed by atoms with E-state index in [0.717, 1.165) is 21.0 Å². The van der Waals surface area contributed by atoms with Crippen molar-refractivity contribution in [3.63, 3.8) is 0 Å². The molecule has 146 valence electrons. The molecular weight excluding hydrogens is 388 g/mol. The Kier molecular flexibility index (Phi) is 6.51. The zero-order valence-corrected chi connectivity index (χ0v) is 17.5. The molecule has 0 aliphatic heterocycles. The number of carbonyl (C=O) groups excluding carboxylic acids is 1. The summed E-state index contributed by atoms with van der Waals surface area (Å²) in [6.45, 7) is 5.25. The first kappa shape index (κ1) is 21.2. The average molecular weight is 411 g/mol. The van der Waals surface area contributed by atoms with Gasteiger partial charge in [-0.25, -0.2) is 12.7 Å². The molecule has 0 saturated carbocycles. The first-order valence-electron chi connectivity index (χ1n) is 8.25. The van der Waals surface area contributed by atoms with Gasteiger partial charge >= 0.3 is 0 Å². The lowest BCUT2D eigenvalue weighted by molar-refractivity contribution is -0.118. The minimum Gasteiger partial charge on any atom is -0.483 e. The normalized spacial score (nSPS) is 11.5. The largest absolute Gasteiger partial charge is 0.483 e. The summed E-state index contributed by atoms with van der Waals surface area (Å²) >= 11 is 5.91. The van der Waals surface area contributed by atoms with E-state index in [2.05, 4.69) is 5.32 Å². The number of carbonyl (C=O) groups is 1. The van der Waals surface area contributed by atoms with Crippen molar-refractivity contribution in [2.75, 3.05) is 26.0 Å². The zero-order valence-electron chi connectivity index (χ0n) is 16.0. The predicted molar refractivity (Wildman–Crippen MR) is 107 cm³/mol. The molecule has 0 unspecified atom stereocenters. The van der Waals surface area contributed by atoms with Crippen LogP contribution in [0.25, 0.3) is 0 Å². The van der Waals surface area contributed by atoms with Crippen molar-refractivity contribution in [2.24, 2.45) is 0 Å². The fourth-order valence-electron chi connectivity index (χ4n) is 2.42. The first-order valence-corrected chi connectivity index (χ1v) is 10.1. The summed E-state index contributed by atoms with van der Waals surface area (Å²) in [4.78, 5) is 12.4. The molecule has 1 N–H and O–H groups in total. The third kappa shape index (κ3) is 5.00. The van der Waals surface area contributed by atoms with E-state index in [1.165, 1.54) is 20.2 Å². The van der Waals surface area contributed by atoms with Crippen molar-refractivity contribution in [1.29, 1.82) is 0 Å². The lowest BCUT2D eigenvalue weighted by Gasteiger charge is -2.16. The molecule has 0 bridgehead atoms. The Balaban J connectivity index is 2.18. The predicted octanol–water partition coefficient (Wildman–Crippen LogP) is 3.53. The van der Waals surface area contributed by atoms with Gasteiger partial charge in [-0.3, -0.25) is 4.79 Å². The summed E-state index contributed by atoms with van der Waals surface area (Å²) < 4.78 is 31.4. The Morgan fingerprint density at radius 1 is 1.11 bits per heavy atom. The minimum absolute atomic E-state index is 0.125. The highest BCUT2D eigenvalue weighted by molar-refractivity contribution is 7.89. The van der Waals surface area contributed by atoms with Crippen LogP contribution < -0.4 is 10.1 Å². The van der Waals surface area contributed by atoms with Crippen molar-refractivity contribution >= 4 is 33.2 Å². The summed E-state index contributed by atoms with van der Waals surface area (Å²) in [5, 5.41) is 3.32. The van der Waals surface area contributed by atoms with Crippen LogP contribution in [0.1, 0.15) is 16.7 Å². The number of ether oxygens (including phenoxy) is 1. The molecule has 27 heavy (non-hydrogen) atoms. The summed E-state index contributed by atoms with van der Waals surface area (Å²) in [5.41, 5.74) is 2.82. The lowest BCUT2D eigenvalue weighted by atomic mass is 10.1. The minimum atomic E-state index is -3.60. The molecule has 0 saturated heterocycles. The number of hydrogen-bond donors (Lipinski definition) is 1. The number of anilines is 1. The van der Waals surface area contributed by atoms with E-state index >= 15 is 0 Å². The number of nitrogens with zero attached hydrogens (tertiary/aromatic N) is 1. The van der Waals surface area contributed by atoms with Gasteiger partial charge in [0, 0.05) is 24.8 Å². The fourth-order valence-corrected chi connectivity index (χ4v) is 3.66. The van der Waals surface area contributed by atoms with Crippen molar-refractivity contribution in [1.82, 2.24) is 4.31 Å². The van der Waals surface area contributed by atoms with Crippen LogP contribution in [0.4, 0.5) is 5.69 Å². The van der Waals surface area contributed by atoms with E-state index < -0.39 is 10.0 Å². The van der Waals surface area contributed by atoms with Crippen LogP contribution in [0.3, 0.4) is 0 Å². The molecule has 0 heterocycles. The first-order chi connectivity index (χ1) is 12.5. The van der Waals surface area contributed by atoms with Crippen LogP contribution in [0.5, 0.6) is 5.75 Å². The zero-order chi connectivity index (χ0) is 20.4. The van der Waals surface area contributed by atoms with Gasteiger partial charge in [-0.15, -0.1) is 0 Å². The van der Waals surface area contributed by atoms with Crippen LogP contribution in [0.15, 0.2) is 35.2 Å². The Hall–Kier alpha value is -2.09. The van der Waals surface area contributed by atoms with Crippen LogP contribution in [-0.4, -0.2) is 39.3 Å². The number of sulfonamides is 1. The molecule has 2 rings (SSSR count). The molecule has 0 atom stereocenters. The summed E-state index contributed by atoms with van der Waals surface area (Å²) in [5.74, 6) is 0.178. The SMILES string of the molecule is Cc1cc(Cl)ccc1OCC(=O)Nc1cc(S(=O)(=O)N(C)C)cc(C)c1C. The molecule has 6 nitrogen and oxygen atoms in total. The Morgan fingerprint density at radius 2 is 1.78 bits per heavy atom. The molecule has 8 heteroatoms. The number of benzene rings is 2. The van der Waals surface area contributed by atoms with E-state index in [1.807, 2.05) is 13.8 Å². The monoisotopic (exact) mass is 410 g/mol. The average Bonchev–Trinajstić information content (AvgIpc) is 2.57. The van der Waals surface area contributed by atoms with Gasteiger partial charge in [-0.2, -0.15) is 0 Å². The molecule has 0 spiro atoms. The molecule has 0 radical (unpaired) electrons. The second kappa shape index (κ2) is 8.29. The van der Waals surface area contributed by atoms with Crippen LogP contribution >= 0.6 is 11.6 Å². The highest BCUT2D eigenvalue weighted by Crippen LogP contribution is 2.26. The van der Waals surface area contributed by atoms with E-state index in [0.29, 0.717) is 16.5 Å². The molecule has 2 aromatic carbocycles. The second-order valence-corrected chi connectivity index (χ2v) is 9.04. The van der Waals surface area contributed by atoms with Gasteiger partial charge in [0.1, 0.15) is 5.75 Å². The van der Waals surface area contributed by atoms with Gasteiger partial charge in [-0.1, -0.05) is 11.6 Å². The highest BCUT2D eigenvalue weighted by atomic mass is 35.5. The summed E-state index contributed by atoms with van der Waals surface area (Å²) in [6, 6.07) is 8.18. The van der Waals surface area contributed by atoms with Gasteiger partial charge < -0.3 is 10.1 Å². The van der Waals surface area contributed by atoms with E-state index in [1.54, 1.807) is 31.2 Å². The number of aryl methyl sites for hydroxylation is 2. The maximum atomic E-state index is 12.4. The molecule has 0 aliphatic rings. The Bertz CT molecular complexity index is 972. The Morgan fingerprint density at radius 3 is 2.37 bits per heavy atom. The van der Waals surface area contributed by atoms with E-state index in [9.17, 15) is 13.2 Å². The number of nitrogens with one attached hydrogen (secondary N) is 1. The topological polar surface area (TPSA) is 75.7 Å². The van der Waals surface area contributed by atoms with E-state index in [4.69, 9.17) is 16.3 Å². The standard InChI is InChI=1S/C19H23ClN2O4S/c1-12-9-16(27(24,25)22(4)5)10-17(14(12)3)21-19(23)11-26-18-7-6-15(20)8-13(18)2/h6-10H,11H2,1-5H3,(H,21,23). The maximum Gasteiger partial charge on any atom is 0.262 e. The van der Waals surface area contributed by atoms with Crippen molar-refractivity contribution in [3.05, 3.63) is 52.0 Å². The smallest absolute Gasteiger partial charge is 0.262 e. The summed E-state index contributed by atoms with van der Waals surface area (Å²) in [7, 11) is -0.674. The highest BCUT2D eigenvalue weighted by Gasteiger charge is 2.20. The number of rotatable bonds is 6. The maximum absolute atomic E-state index is 12.4. The van der Waals surface area contributed by atoms with E-state index in [-0.39, 0.29) is 17.4 Å². The van der Waals surface area contributed by atoms with Crippen molar-refractivity contribution in [2.45, 2.75) is 25.7 Å². The van der Waals surface area contributed by atoms with Crippen LogP contribution in [0, 0.1) is 20.8 Å². The van der Waals surface area contributed by atoms with Gasteiger partial charge in [0.05, 0.1) is 4.90 Å². The molecular formula is C19H23ClN2O4S. The van der Waals surface area contributed by atoms with Crippen LogP contribution in [-0.2, 0) is 14.8 Å². The van der Waals surface area contributed by atoms with Crippen LogP contribution in [0.2, 0.25) is 5.02 Å². The summed E-state index contributed by atoms with van der Waals surface area (Å²) in [6.07, 6.45) is 0. The van der Waals surface area contributed by atoms with Gasteiger partial charge in [0.25, 0.3) is 5.91 Å². The second-order valence-electron chi connectivity index (χ2n) is 6.45. The van der Waals surface area contributed by atoms with Gasteiger partial charge in [0.2, 0.25) is 10.0 Å². The number of amides is 1. The molecule has 1 amide bonds. The van der Waals surface area contributed by atoms with Gasteiger partial charge in [-0.05, 0) is 67.8 Å².